The number of aromatic nitrogens is 1. The number of guanidine groups is 1. The molecule has 0 atom stereocenters. The van der Waals surface area contributed by atoms with Crippen molar-refractivity contribution in [2.45, 2.75) is 39.2 Å². The van der Waals surface area contributed by atoms with E-state index in [0.29, 0.717) is 25.6 Å². The van der Waals surface area contributed by atoms with Crippen molar-refractivity contribution in [1.82, 2.24) is 15.6 Å². The molecule has 0 unspecified atom stereocenters. The number of pyridine rings is 1. The van der Waals surface area contributed by atoms with Crippen molar-refractivity contribution in [3.8, 4) is 5.88 Å². The maximum absolute atomic E-state index is 5.44. The Kier molecular flexibility index (Phi) is 14.7. The topological polar surface area (TPSA) is 67.8 Å². The molecule has 1 rings (SSSR count). The SMILES string of the molecule is CCCCCCNC(=NC)NCc1ccc(OCCOC)nc1.I. The second kappa shape index (κ2) is 15.4. The fourth-order valence-corrected chi connectivity index (χ4v) is 2.00. The lowest BCUT2D eigenvalue weighted by atomic mass is 10.2. The van der Waals surface area contributed by atoms with Crippen LogP contribution in [0.15, 0.2) is 23.3 Å². The molecule has 0 fully saturated rings. The fourth-order valence-electron chi connectivity index (χ4n) is 2.00. The highest BCUT2D eigenvalue weighted by Crippen LogP contribution is 2.07. The van der Waals surface area contributed by atoms with Crippen LogP contribution in [0.4, 0.5) is 0 Å². The Morgan fingerprint density at radius 3 is 2.62 bits per heavy atom. The highest BCUT2D eigenvalue weighted by molar-refractivity contribution is 14.0. The standard InChI is InChI=1S/C17H30N4O2.HI/c1-4-5-6-7-10-19-17(18-2)21-14-15-8-9-16(20-13-15)23-12-11-22-3;/h8-9,13H,4-7,10-12,14H2,1-3H3,(H2,18,19,21);1H. The lowest BCUT2D eigenvalue weighted by Crippen LogP contribution is -2.37. The van der Waals surface area contributed by atoms with Crippen LogP contribution in [-0.2, 0) is 11.3 Å². The number of methoxy groups -OCH3 is 1. The predicted molar refractivity (Wildman–Crippen MR) is 109 cm³/mol. The third-order valence-corrected chi connectivity index (χ3v) is 3.34. The monoisotopic (exact) mass is 450 g/mol. The van der Waals surface area contributed by atoms with Gasteiger partial charge in [-0.3, -0.25) is 4.99 Å². The van der Waals surface area contributed by atoms with E-state index in [-0.39, 0.29) is 24.0 Å². The van der Waals surface area contributed by atoms with Crippen LogP contribution in [-0.4, -0.2) is 44.9 Å². The van der Waals surface area contributed by atoms with Crippen LogP contribution in [0.2, 0.25) is 0 Å². The van der Waals surface area contributed by atoms with Crippen LogP contribution in [0.1, 0.15) is 38.2 Å². The third kappa shape index (κ3) is 10.6. The lowest BCUT2D eigenvalue weighted by molar-refractivity contribution is 0.143. The summed E-state index contributed by atoms with van der Waals surface area (Å²) in [6, 6.07) is 3.87. The number of hydrogen-bond acceptors (Lipinski definition) is 4. The molecule has 0 spiro atoms. The average Bonchev–Trinajstić information content (AvgIpc) is 2.59. The van der Waals surface area contributed by atoms with Gasteiger partial charge in [-0.2, -0.15) is 0 Å². The summed E-state index contributed by atoms with van der Waals surface area (Å²) in [5.74, 6) is 1.44. The van der Waals surface area contributed by atoms with Gasteiger partial charge in [0.15, 0.2) is 5.96 Å². The van der Waals surface area contributed by atoms with Crippen LogP contribution in [0, 0.1) is 0 Å². The number of aliphatic imine (C=N–C) groups is 1. The van der Waals surface area contributed by atoms with E-state index in [9.17, 15) is 0 Å². The molecule has 0 bridgehead atoms. The first kappa shape index (κ1) is 22.9. The molecule has 7 heteroatoms. The number of ether oxygens (including phenoxy) is 2. The minimum atomic E-state index is 0. The van der Waals surface area contributed by atoms with Crippen LogP contribution < -0.4 is 15.4 Å². The van der Waals surface area contributed by atoms with Gasteiger partial charge < -0.3 is 20.1 Å². The molecule has 0 saturated heterocycles. The molecule has 138 valence electrons. The molecular formula is C17H31IN4O2. The summed E-state index contributed by atoms with van der Waals surface area (Å²) in [4.78, 5) is 8.50. The van der Waals surface area contributed by atoms with Crippen LogP contribution in [0.3, 0.4) is 0 Å². The van der Waals surface area contributed by atoms with Gasteiger partial charge in [-0.15, -0.1) is 24.0 Å². The van der Waals surface area contributed by atoms with Crippen molar-refractivity contribution in [1.29, 1.82) is 0 Å². The molecule has 24 heavy (non-hydrogen) atoms. The molecule has 0 amide bonds. The van der Waals surface area contributed by atoms with Crippen LogP contribution >= 0.6 is 24.0 Å². The maximum Gasteiger partial charge on any atom is 0.213 e. The Bertz CT molecular complexity index is 441. The first-order chi connectivity index (χ1) is 11.3. The molecule has 1 aromatic rings. The van der Waals surface area contributed by atoms with Gasteiger partial charge in [-0.1, -0.05) is 32.3 Å². The van der Waals surface area contributed by atoms with Crippen molar-refractivity contribution < 1.29 is 9.47 Å². The summed E-state index contributed by atoms with van der Waals surface area (Å²) < 4.78 is 10.4. The van der Waals surface area contributed by atoms with E-state index in [1.165, 1.54) is 25.7 Å². The zero-order valence-corrected chi connectivity index (χ0v) is 17.3. The first-order valence-electron chi connectivity index (χ1n) is 8.31. The summed E-state index contributed by atoms with van der Waals surface area (Å²) in [7, 11) is 3.43. The maximum atomic E-state index is 5.44. The van der Waals surface area contributed by atoms with Crippen molar-refractivity contribution in [2.24, 2.45) is 4.99 Å². The number of nitrogens with one attached hydrogen (secondary N) is 2. The van der Waals surface area contributed by atoms with Gasteiger partial charge in [0.25, 0.3) is 0 Å². The number of nitrogens with zero attached hydrogens (tertiary/aromatic N) is 2. The molecule has 0 aliphatic carbocycles. The van der Waals surface area contributed by atoms with Crippen LogP contribution in [0.5, 0.6) is 5.88 Å². The Morgan fingerprint density at radius 2 is 2.00 bits per heavy atom. The molecule has 1 heterocycles. The van der Waals surface area contributed by atoms with E-state index in [1.54, 1.807) is 14.2 Å². The van der Waals surface area contributed by atoms with Crippen molar-refractivity contribution in [3.63, 3.8) is 0 Å². The normalized spacial score (nSPS) is 10.9. The predicted octanol–water partition coefficient (Wildman–Crippen LogP) is 2.97. The summed E-state index contributed by atoms with van der Waals surface area (Å²) in [6.07, 6.45) is 6.78. The average molecular weight is 450 g/mol. The minimum absolute atomic E-state index is 0. The largest absolute Gasteiger partial charge is 0.475 e. The summed E-state index contributed by atoms with van der Waals surface area (Å²) in [5.41, 5.74) is 1.08. The van der Waals surface area contributed by atoms with E-state index in [4.69, 9.17) is 9.47 Å². The van der Waals surface area contributed by atoms with E-state index >= 15 is 0 Å². The van der Waals surface area contributed by atoms with E-state index in [0.717, 1.165) is 18.1 Å². The van der Waals surface area contributed by atoms with Gasteiger partial charge >= 0.3 is 0 Å². The third-order valence-electron chi connectivity index (χ3n) is 3.34. The van der Waals surface area contributed by atoms with E-state index in [1.807, 2.05) is 18.3 Å². The Labute approximate surface area is 162 Å². The number of hydrogen-bond donors (Lipinski definition) is 2. The van der Waals surface area contributed by atoms with Gasteiger partial charge in [-0.25, -0.2) is 4.98 Å². The molecule has 6 nitrogen and oxygen atoms in total. The molecule has 0 radical (unpaired) electrons. The van der Waals surface area contributed by atoms with Crippen molar-refractivity contribution >= 4 is 29.9 Å². The molecule has 2 N–H and O–H groups in total. The molecular weight excluding hydrogens is 419 g/mol. The minimum Gasteiger partial charge on any atom is -0.475 e. The van der Waals surface area contributed by atoms with E-state index in [2.05, 4.69) is 27.5 Å². The second-order valence-corrected chi connectivity index (χ2v) is 5.26. The number of rotatable bonds is 11. The molecule has 1 aromatic heterocycles. The molecule has 0 aromatic carbocycles. The number of halogens is 1. The molecule has 0 aliphatic heterocycles. The zero-order chi connectivity index (χ0) is 16.8. The van der Waals surface area contributed by atoms with Gasteiger partial charge in [0.2, 0.25) is 5.88 Å². The highest BCUT2D eigenvalue weighted by atomic mass is 127. The van der Waals surface area contributed by atoms with Gasteiger partial charge in [0.05, 0.1) is 6.61 Å². The van der Waals surface area contributed by atoms with Gasteiger partial charge in [0, 0.05) is 39.5 Å². The lowest BCUT2D eigenvalue weighted by Gasteiger charge is -2.12. The second-order valence-electron chi connectivity index (χ2n) is 5.26. The number of unbranched alkanes of at least 4 members (excludes halogenated alkanes) is 3. The van der Waals surface area contributed by atoms with E-state index < -0.39 is 0 Å². The quantitative estimate of drug-likeness (QED) is 0.235. The van der Waals surface area contributed by atoms with Crippen molar-refractivity contribution in [3.05, 3.63) is 23.9 Å². The Hall–Kier alpha value is -1.09. The Morgan fingerprint density at radius 1 is 1.17 bits per heavy atom. The fraction of sp³-hybridized carbons (Fsp3) is 0.647. The summed E-state index contributed by atoms with van der Waals surface area (Å²) in [6.45, 7) is 4.92. The molecule has 0 aliphatic rings. The molecule has 0 saturated carbocycles. The summed E-state index contributed by atoms with van der Waals surface area (Å²) in [5, 5.41) is 6.61. The van der Waals surface area contributed by atoms with Gasteiger partial charge in [0.1, 0.15) is 6.61 Å². The Balaban J connectivity index is 0.00000529. The smallest absolute Gasteiger partial charge is 0.213 e. The van der Waals surface area contributed by atoms with Crippen LogP contribution in [0.25, 0.3) is 0 Å². The first-order valence-corrected chi connectivity index (χ1v) is 8.31. The highest BCUT2D eigenvalue weighted by Gasteiger charge is 2.00. The zero-order valence-electron chi connectivity index (χ0n) is 15.0. The summed E-state index contributed by atoms with van der Waals surface area (Å²) >= 11 is 0. The van der Waals surface area contributed by atoms with Crippen molar-refractivity contribution in [2.75, 3.05) is 33.9 Å². The van der Waals surface area contributed by atoms with Gasteiger partial charge in [-0.05, 0) is 12.0 Å².